The maximum absolute atomic E-state index is 14.1. The zero-order valence-electron chi connectivity index (χ0n) is 12.1. The molecular weight excluding hydrogens is 336 g/mol. The smallest absolute Gasteiger partial charge is 0.128 e. The Balaban J connectivity index is 2.35. The monoisotopic (exact) mass is 353 g/mol. The lowest BCUT2D eigenvalue weighted by Crippen LogP contribution is -2.24. The second kappa shape index (κ2) is 7.14. The Morgan fingerprint density at radius 3 is 2.62 bits per heavy atom. The van der Waals surface area contributed by atoms with Crippen molar-refractivity contribution in [3.63, 3.8) is 0 Å². The van der Waals surface area contributed by atoms with Crippen molar-refractivity contribution >= 4 is 15.9 Å². The Morgan fingerprint density at radius 1 is 1.14 bits per heavy atom. The lowest BCUT2D eigenvalue weighted by molar-refractivity contribution is 0.507. The maximum Gasteiger partial charge on any atom is 0.128 e. The molecule has 0 fully saturated rings. The number of hydrogen-bond acceptors (Lipinski definition) is 1. The van der Waals surface area contributed by atoms with Crippen LogP contribution in [0.25, 0.3) is 0 Å². The zero-order chi connectivity index (χ0) is 15.4. The first-order valence-electron chi connectivity index (χ1n) is 6.94. The molecule has 112 valence electrons. The van der Waals surface area contributed by atoms with Gasteiger partial charge in [0.25, 0.3) is 0 Å². The van der Waals surface area contributed by atoms with E-state index in [1.807, 2.05) is 19.9 Å². The molecule has 1 N–H and O–H groups in total. The number of nitrogens with one attached hydrogen (secondary N) is 1. The highest BCUT2D eigenvalue weighted by atomic mass is 79.9. The standard InChI is InChI=1S/C17H18BrF2N/c1-3-21-17(14-8-11(2)4-7-16(14)20)10-12-9-13(19)5-6-15(12)18/h4-9,17,21H,3,10H2,1-2H3. The largest absolute Gasteiger partial charge is 0.310 e. The molecule has 0 amide bonds. The average molecular weight is 354 g/mol. The van der Waals surface area contributed by atoms with Gasteiger partial charge in [0.1, 0.15) is 11.6 Å². The van der Waals surface area contributed by atoms with E-state index in [0.717, 1.165) is 15.6 Å². The topological polar surface area (TPSA) is 12.0 Å². The molecule has 1 unspecified atom stereocenters. The van der Waals surface area contributed by atoms with Gasteiger partial charge in [0, 0.05) is 16.1 Å². The van der Waals surface area contributed by atoms with Crippen molar-refractivity contribution in [2.45, 2.75) is 26.3 Å². The number of hydrogen-bond donors (Lipinski definition) is 1. The van der Waals surface area contributed by atoms with Gasteiger partial charge in [-0.25, -0.2) is 8.78 Å². The van der Waals surface area contributed by atoms with E-state index in [1.54, 1.807) is 12.1 Å². The molecule has 2 rings (SSSR count). The Hall–Kier alpha value is -1.26. The van der Waals surface area contributed by atoms with Crippen LogP contribution in [0.4, 0.5) is 8.78 Å². The molecule has 0 aliphatic carbocycles. The van der Waals surface area contributed by atoms with E-state index in [1.165, 1.54) is 18.2 Å². The summed E-state index contributed by atoms with van der Waals surface area (Å²) in [5.74, 6) is -0.521. The molecule has 2 aromatic carbocycles. The Kier molecular flexibility index (Phi) is 5.48. The summed E-state index contributed by atoms with van der Waals surface area (Å²) in [5.41, 5.74) is 2.45. The van der Waals surface area contributed by atoms with Gasteiger partial charge < -0.3 is 5.32 Å². The minimum absolute atomic E-state index is 0.187. The van der Waals surface area contributed by atoms with Crippen LogP contribution in [-0.2, 0) is 6.42 Å². The maximum atomic E-state index is 14.1. The van der Waals surface area contributed by atoms with Crippen molar-refractivity contribution in [1.29, 1.82) is 0 Å². The lowest BCUT2D eigenvalue weighted by Gasteiger charge is -2.20. The zero-order valence-corrected chi connectivity index (χ0v) is 13.7. The molecule has 21 heavy (non-hydrogen) atoms. The highest BCUT2D eigenvalue weighted by Crippen LogP contribution is 2.26. The summed E-state index contributed by atoms with van der Waals surface area (Å²) in [5, 5.41) is 3.28. The van der Waals surface area contributed by atoms with Crippen molar-refractivity contribution < 1.29 is 8.78 Å². The summed E-state index contributed by atoms with van der Waals surface area (Å²) in [6.45, 7) is 4.62. The predicted octanol–water partition coefficient (Wildman–Crippen LogP) is 4.93. The highest BCUT2D eigenvalue weighted by molar-refractivity contribution is 9.10. The first-order chi connectivity index (χ1) is 10.0. The van der Waals surface area contributed by atoms with Crippen LogP contribution in [0.5, 0.6) is 0 Å². The fraction of sp³-hybridized carbons (Fsp3) is 0.294. The van der Waals surface area contributed by atoms with Crippen LogP contribution in [-0.4, -0.2) is 6.54 Å². The number of aryl methyl sites for hydroxylation is 1. The Bertz CT molecular complexity index is 628. The van der Waals surface area contributed by atoms with Crippen LogP contribution in [0, 0.1) is 18.6 Å². The second-order valence-corrected chi connectivity index (χ2v) is 5.93. The van der Waals surface area contributed by atoms with E-state index in [0.29, 0.717) is 18.5 Å². The van der Waals surface area contributed by atoms with Gasteiger partial charge in [-0.2, -0.15) is 0 Å². The van der Waals surface area contributed by atoms with Crippen LogP contribution in [0.1, 0.15) is 29.7 Å². The molecule has 0 aliphatic heterocycles. The molecule has 1 atom stereocenters. The minimum atomic E-state index is -0.284. The van der Waals surface area contributed by atoms with Gasteiger partial charge in [0.05, 0.1) is 0 Å². The van der Waals surface area contributed by atoms with Crippen molar-refractivity contribution in [1.82, 2.24) is 5.32 Å². The third kappa shape index (κ3) is 4.11. The third-order valence-electron chi connectivity index (χ3n) is 3.41. The van der Waals surface area contributed by atoms with Crippen molar-refractivity contribution in [2.24, 2.45) is 0 Å². The minimum Gasteiger partial charge on any atom is -0.310 e. The molecule has 0 heterocycles. The number of likely N-dealkylation sites (N-methyl/N-ethyl adjacent to an activating group) is 1. The van der Waals surface area contributed by atoms with Gasteiger partial charge in [0.15, 0.2) is 0 Å². The van der Waals surface area contributed by atoms with E-state index in [9.17, 15) is 8.78 Å². The van der Waals surface area contributed by atoms with Gasteiger partial charge in [0.2, 0.25) is 0 Å². The van der Waals surface area contributed by atoms with Gasteiger partial charge in [-0.1, -0.05) is 40.5 Å². The van der Waals surface area contributed by atoms with E-state index >= 15 is 0 Å². The second-order valence-electron chi connectivity index (χ2n) is 5.08. The van der Waals surface area contributed by atoms with Crippen molar-refractivity contribution in [2.75, 3.05) is 6.54 Å². The summed E-state index contributed by atoms with van der Waals surface area (Å²) >= 11 is 3.43. The SMILES string of the molecule is CCNC(Cc1cc(F)ccc1Br)c1cc(C)ccc1F. The predicted molar refractivity (Wildman–Crippen MR) is 85.4 cm³/mol. The van der Waals surface area contributed by atoms with Gasteiger partial charge in [-0.3, -0.25) is 0 Å². The van der Waals surface area contributed by atoms with Gasteiger partial charge in [-0.15, -0.1) is 0 Å². The Labute approximate surface area is 132 Å². The van der Waals surface area contributed by atoms with Gasteiger partial charge in [-0.05, 0) is 49.7 Å². The molecule has 0 spiro atoms. The average Bonchev–Trinajstić information content (AvgIpc) is 2.45. The number of halogens is 3. The fourth-order valence-electron chi connectivity index (χ4n) is 2.39. The first kappa shape index (κ1) is 16.1. The molecule has 0 saturated carbocycles. The molecule has 0 aromatic heterocycles. The summed E-state index contributed by atoms with van der Waals surface area (Å²) in [6, 6.07) is 9.46. The first-order valence-corrected chi connectivity index (χ1v) is 7.74. The quantitative estimate of drug-likeness (QED) is 0.803. The molecule has 0 saturated heterocycles. The van der Waals surface area contributed by atoms with E-state index in [4.69, 9.17) is 0 Å². The molecule has 0 radical (unpaired) electrons. The van der Waals surface area contributed by atoms with Crippen molar-refractivity contribution in [3.05, 3.63) is 69.2 Å². The Morgan fingerprint density at radius 2 is 1.90 bits per heavy atom. The summed E-state index contributed by atoms with van der Waals surface area (Å²) < 4.78 is 28.3. The number of rotatable bonds is 5. The van der Waals surface area contributed by atoms with Crippen LogP contribution >= 0.6 is 15.9 Å². The molecule has 1 nitrogen and oxygen atoms in total. The van der Waals surface area contributed by atoms with E-state index < -0.39 is 0 Å². The third-order valence-corrected chi connectivity index (χ3v) is 4.18. The van der Waals surface area contributed by atoms with Gasteiger partial charge >= 0.3 is 0 Å². The summed E-state index contributed by atoms with van der Waals surface area (Å²) in [7, 11) is 0. The van der Waals surface area contributed by atoms with Crippen LogP contribution in [0.3, 0.4) is 0 Å². The van der Waals surface area contributed by atoms with Crippen LogP contribution in [0.15, 0.2) is 40.9 Å². The summed E-state index contributed by atoms with van der Waals surface area (Å²) in [4.78, 5) is 0. The lowest BCUT2D eigenvalue weighted by atomic mass is 9.97. The van der Waals surface area contributed by atoms with E-state index in [-0.39, 0.29) is 17.7 Å². The van der Waals surface area contributed by atoms with E-state index in [2.05, 4.69) is 21.2 Å². The molecule has 4 heteroatoms. The molecule has 0 aliphatic rings. The number of benzene rings is 2. The normalized spacial score (nSPS) is 12.4. The highest BCUT2D eigenvalue weighted by Gasteiger charge is 2.17. The molecular formula is C17H18BrF2N. The van der Waals surface area contributed by atoms with Crippen LogP contribution < -0.4 is 5.32 Å². The summed E-state index contributed by atoms with van der Waals surface area (Å²) in [6.07, 6.45) is 0.520. The van der Waals surface area contributed by atoms with Crippen molar-refractivity contribution in [3.8, 4) is 0 Å². The molecule has 2 aromatic rings. The fourth-order valence-corrected chi connectivity index (χ4v) is 2.80. The molecule has 0 bridgehead atoms. The van der Waals surface area contributed by atoms with Crippen LogP contribution in [0.2, 0.25) is 0 Å².